The number of nitrogens with zero attached hydrogens (tertiary/aromatic N) is 4. The Morgan fingerprint density at radius 3 is 2.72 bits per heavy atom. The molecule has 3 aromatic heterocycles. The van der Waals surface area contributed by atoms with Crippen LogP contribution in [0.5, 0.6) is 0 Å². The Morgan fingerprint density at radius 2 is 1.91 bits per heavy atom. The lowest BCUT2D eigenvalue weighted by molar-refractivity contribution is 0.0398. The lowest BCUT2D eigenvalue weighted by Gasteiger charge is -2.32. The Hall–Kier alpha value is -2.49. The third kappa shape index (κ3) is 4.12. The number of pyridine rings is 1. The molecule has 4 heterocycles. The number of fused-ring (bicyclic) bond motifs is 5. The third-order valence-electron chi connectivity index (χ3n) is 6.55. The van der Waals surface area contributed by atoms with E-state index >= 15 is 0 Å². The molecule has 0 unspecified atom stereocenters. The van der Waals surface area contributed by atoms with Crippen LogP contribution in [0.1, 0.15) is 31.4 Å². The number of aliphatic hydroxyl groups excluding tert-OH is 1. The number of ether oxygens (including phenoxy) is 1. The summed E-state index contributed by atoms with van der Waals surface area (Å²) in [5.74, 6) is 1.51. The van der Waals surface area contributed by atoms with Gasteiger partial charge in [-0.25, -0.2) is 9.97 Å². The van der Waals surface area contributed by atoms with Gasteiger partial charge in [0.2, 0.25) is 5.71 Å². The van der Waals surface area contributed by atoms with E-state index in [1.807, 2.05) is 0 Å². The van der Waals surface area contributed by atoms with Crippen molar-refractivity contribution in [2.75, 3.05) is 63.2 Å². The quantitative estimate of drug-likeness (QED) is 0.510. The first-order valence-corrected chi connectivity index (χ1v) is 11.5. The van der Waals surface area contributed by atoms with E-state index in [0.717, 1.165) is 75.4 Å². The zero-order chi connectivity index (χ0) is 22.1. The smallest absolute Gasteiger partial charge is 0.231 e. The van der Waals surface area contributed by atoms with Gasteiger partial charge >= 0.3 is 0 Å². The molecule has 32 heavy (non-hydrogen) atoms. The van der Waals surface area contributed by atoms with Crippen LogP contribution in [0.3, 0.4) is 0 Å². The summed E-state index contributed by atoms with van der Waals surface area (Å²) in [6.07, 6.45) is 4.59. The van der Waals surface area contributed by atoms with Crippen LogP contribution in [0.25, 0.3) is 22.2 Å². The molecule has 3 aromatic rings. The van der Waals surface area contributed by atoms with Gasteiger partial charge in [-0.05, 0) is 35.8 Å². The van der Waals surface area contributed by atoms with Crippen molar-refractivity contribution in [1.29, 1.82) is 0 Å². The van der Waals surface area contributed by atoms with Crippen LogP contribution in [0.4, 0.5) is 11.6 Å². The number of aromatic nitrogens is 3. The highest BCUT2D eigenvalue weighted by molar-refractivity contribution is 6.07. The summed E-state index contributed by atoms with van der Waals surface area (Å²) in [6, 6.07) is 0. The van der Waals surface area contributed by atoms with Crippen molar-refractivity contribution in [3.05, 3.63) is 17.5 Å². The van der Waals surface area contributed by atoms with E-state index in [-0.39, 0.29) is 12.0 Å². The van der Waals surface area contributed by atoms with E-state index in [1.54, 1.807) is 6.33 Å². The van der Waals surface area contributed by atoms with Crippen molar-refractivity contribution in [2.24, 2.45) is 5.41 Å². The van der Waals surface area contributed by atoms with E-state index < -0.39 is 0 Å². The molecule has 0 aromatic carbocycles. The number of hydrogen-bond donors (Lipinski definition) is 3. The number of aliphatic hydroxyl groups is 1. The van der Waals surface area contributed by atoms with Crippen LogP contribution in [0, 0.1) is 5.41 Å². The lowest BCUT2D eigenvalue weighted by atomic mass is 9.74. The van der Waals surface area contributed by atoms with Crippen molar-refractivity contribution in [2.45, 2.75) is 33.1 Å². The van der Waals surface area contributed by atoms with Crippen molar-refractivity contribution in [3.8, 4) is 0 Å². The van der Waals surface area contributed by atoms with Crippen molar-refractivity contribution < 1.29 is 14.3 Å². The lowest BCUT2D eigenvalue weighted by Crippen LogP contribution is -2.39. The minimum absolute atomic E-state index is 0.0583. The minimum atomic E-state index is 0.0583. The van der Waals surface area contributed by atoms with Gasteiger partial charge in [0, 0.05) is 32.7 Å². The van der Waals surface area contributed by atoms with Gasteiger partial charge < -0.3 is 24.9 Å². The van der Waals surface area contributed by atoms with Gasteiger partial charge in [0.25, 0.3) is 0 Å². The first-order valence-electron chi connectivity index (χ1n) is 11.5. The maximum absolute atomic E-state index is 9.30. The van der Waals surface area contributed by atoms with Crippen LogP contribution in [-0.2, 0) is 17.6 Å². The van der Waals surface area contributed by atoms with Gasteiger partial charge in [0.05, 0.1) is 25.2 Å². The molecular formula is C23H32N6O3. The molecule has 0 atom stereocenters. The van der Waals surface area contributed by atoms with Crippen LogP contribution in [0.15, 0.2) is 10.7 Å². The second-order valence-corrected chi connectivity index (χ2v) is 9.47. The maximum atomic E-state index is 9.30. The highest BCUT2D eigenvalue weighted by Gasteiger charge is 2.31. The first kappa shape index (κ1) is 21.4. The molecule has 0 spiro atoms. The SMILES string of the molecule is CC1(C)CCc2c(NCCO)nc3oc4c(NCCN5CCOCC5)ncnc4c3c2C1. The number of anilines is 2. The van der Waals surface area contributed by atoms with E-state index in [1.165, 1.54) is 11.1 Å². The molecule has 0 radical (unpaired) electrons. The average molecular weight is 441 g/mol. The fraction of sp³-hybridized carbons (Fsp3) is 0.609. The molecule has 5 rings (SSSR count). The largest absolute Gasteiger partial charge is 0.432 e. The van der Waals surface area contributed by atoms with Crippen molar-refractivity contribution >= 4 is 33.8 Å². The molecule has 3 N–H and O–H groups in total. The summed E-state index contributed by atoms with van der Waals surface area (Å²) < 4.78 is 11.7. The van der Waals surface area contributed by atoms with Gasteiger partial charge in [-0.1, -0.05) is 13.8 Å². The predicted octanol–water partition coefficient (Wildman–Crippen LogP) is 2.43. The second kappa shape index (κ2) is 8.80. The van der Waals surface area contributed by atoms with Crippen LogP contribution < -0.4 is 10.6 Å². The summed E-state index contributed by atoms with van der Waals surface area (Å²) >= 11 is 0. The Balaban J connectivity index is 1.52. The Morgan fingerprint density at radius 1 is 1.09 bits per heavy atom. The summed E-state index contributed by atoms with van der Waals surface area (Å²) in [5, 5.41) is 17.0. The number of morpholine rings is 1. The summed E-state index contributed by atoms with van der Waals surface area (Å²) in [6.45, 7) is 10.3. The molecule has 1 aliphatic carbocycles. The van der Waals surface area contributed by atoms with Crippen LogP contribution in [-0.4, -0.2) is 77.5 Å². The summed E-state index contributed by atoms with van der Waals surface area (Å²) in [7, 11) is 0. The topological polar surface area (TPSA) is 109 Å². The van der Waals surface area contributed by atoms with Gasteiger partial charge in [-0.2, -0.15) is 4.98 Å². The van der Waals surface area contributed by atoms with Crippen molar-refractivity contribution in [3.63, 3.8) is 0 Å². The highest BCUT2D eigenvalue weighted by atomic mass is 16.5. The Labute approximate surface area is 187 Å². The van der Waals surface area contributed by atoms with Gasteiger partial charge in [0.1, 0.15) is 17.7 Å². The number of rotatable bonds is 7. The van der Waals surface area contributed by atoms with Crippen molar-refractivity contribution in [1.82, 2.24) is 19.9 Å². The zero-order valence-electron chi connectivity index (χ0n) is 18.9. The molecule has 0 saturated carbocycles. The summed E-state index contributed by atoms with van der Waals surface area (Å²) in [4.78, 5) is 16.2. The summed E-state index contributed by atoms with van der Waals surface area (Å²) in [5.41, 5.74) is 4.72. The predicted molar refractivity (Wildman–Crippen MR) is 124 cm³/mol. The molecule has 0 bridgehead atoms. The van der Waals surface area contributed by atoms with Gasteiger partial charge in [-0.15, -0.1) is 0 Å². The molecule has 9 heteroatoms. The normalized spacial score (nSPS) is 18.7. The van der Waals surface area contributed by atoms with Gasteiger partial charge in [0.15, 0.2) is 11.4 Å². The van der Waals surface area contributed by atoms with Crippen LogP contribution in [0.2, 0.25) is 0 Å². The fourth-order valence-electron chi connectivity index (χ4n) is 4.81. The van der Waals surface area contributed by atoms with Crippen LogP contribution >= 0.6 is 0 Å². The molecule has 1 saturated heterocycles. The zero-order valence-corrected chi connectivity index (χ0v) is 18.9. The average Bonchev–Trinajstić information content (AvgIpc) is 3.17. The van der Waals surface area contributed by atoms with E-state index in [0.29, 0.717) is 23.7 Å². The Bertz CT molecular complexity index is 1110. The number of furan rings is 1. The fourth-order valence-corrected chi connectivity index (χ4v) is 4.81. The third-order valence-corrected chi connectivity index (χ3v) is 6.55. The molecule has 172 valence electrons. The van der Waals surface area contributed by atoms with E-state index in [4.69, 9.17) is 14.1 Å². The minimum Gasteiger partial charge on any atom is -0.432 e. The van der Waals surface area contributed by atoms with E-state index in [9.17, 15) is 5.11 Å². The highest BCUT2D eigenvalue weighted by Crippen LogP contribution is 2.43. The standard InChI is InChI=1S/C23H32N6O3/c1-23(2)4-3-15-16(13-23)17-18-19(32-22(17)28-20(15)25-6-10-30)21(27-14-26-18)24-5-7-29-8-11-31-12-9-29/h14,30H,3-13H2,1-2H3,(H,25,28)(H,24,26,27). The Kier molecular flexibility index (Phi) is 5.88. The number of hydrogen-bond acceptors (Lipinski definition) is 9. The maximum Gasteiger partial charge on any atom is 0.231 e. The molecular weight excluding hydrogens is 408 g/mol. The molecule has 1 fully saturated rings. The monoisotopic (exact) mass is 440 g/mol. The molecule has 9 nitrogen and oxygen atoms in total. The second-order valence-electron chi connectivity index (χ2n) is 9.47. The number of nitrogens with one attached hydrogen (secondary N) is 2. The first-order chi connectivity index (χ1) is 15.6. The molecule has 0 amide bonds. The van der Waals surface area contributed by atoms with Gasteiger partial charge in [-0.3, -0.25) is 4.90 Å². The molecule has 1 aliphatic heterocycles. The van der Waals surface area contributed by atoms with E-state index in [2.05, 4.69) is 39.3 Å². The molecule has 2 aliphatic rings.